The predicted octanol–water partition coefficient (Wildman–Crippen LogP) is 4.22. The van der Waals surface area contributed by atoms with Crippen LogP contribution in [0, 0.1) is 5.92 Å². The Morgan fingerprint density at radius 3 is 2.06 bits per heavy atom. The van der Waals surface area contributed by atoms with Crippen LogP contribution < -0.4 is 10.6 Å². The number of aliphatic carboxylic acids is 1. The van der Waals surface area contributed by atoms with Crippen molar-refractivity contribution >= 4 is 18.0 Å². The summed E-state index contributed by atoms with van der Waals surface area (Å²) in [5.74, 6) is -3.41. The summed E-state index contributed by atoms with van der Waals surface area (Å²) >= 11 is 0. The lowest BCUT2D eigenvalue weighted by Crippen LogP contribution is -2.62. The van der Waals surface area contributed by atoms with Gasteiger partial charge in [-0.2, -0.15) is 13.2 Å². The Kier molecular flexibility index (Phi) is 6.48. The Bertz CT molecular complexity index is 1100. The average molecular weight is 490 g/mol. The van der Waals surface area contributed by atoms with Gasteiger partial charge in [-0.25, -0.2) is 4.79 Å². The van der Waals surface area contributed by atoms with Gasteiger partial charge in [-0.3, -0.25) is 9.59 Å². The number of ether oxygens (including phenoxy) is 1. The molecule has 7 nitrogen and oxygen atoms in total. The maximum absolute atomic E-state index is 13.3. The molecule has 0 radical (unpaired) electrons. The number of amides is 2. The lowest BCUT2D eigenvalue weighted by Gasteiger charge is -2.32. The molecule has 2 aromatic rings. The third-order valence-electron chi connectivity index (χ3n) is 6.65. The summed E-state index contributed by atoms with van der Waals surface area (Å²) in [5.41, 5.74) is 2.38. The molecule has 0 aromatic heterocycles. The van der Waals surface area contributed by atoms with Crippen molar-refractivity contribution in [3.05, 3.63) is 59.7 Å². The lowest BCUT2D eigenvalue weighted by molar-refractivity contribution is -0.171. The van der Waals surface area contributed by atoms with Gasteiger partial charge in [0, 0.05) is 5.92 Å². The van der Waals surface area contributed by atoms with Crippen molar-refractivity contribution in [1.29, 1.82) is 0 Å². The first-order valence-corrected chi connectivity index (χ1v) is 11.2. The van der Waals surface area contributed by atoms with E-state index in [0.717, 1.165) is 22.3 Å². The fraction of sp³-hybridized carbons (Fsp3) is 0.400. The van der Waals surface area contributed by atoms with Crippen LogP contribution in [0.2, 0.25) is 0 Å². The number of carboxylic acid groups (broad SMARTS) is 1. The second-order valence-corrected chi connectivity index (χ2v) is 9.09. The molecule has 1 saturated carbocycles. The van der Waals surface area contributed by atoms with Gasteiger partial charge in [0.25, 0.3) is 0 Å². The number of hydrogen-bond donors (Lipinski definition) is 3. The highest BCUT2D eigenvalue weighted by Gasteiger charge is 2.51. The van der Waals surface area contributed by atoms with Crippen molar-refractivity contribution in [2.75, 3.05) is 6.61 Å². The highest BCUT2D eigenvalue weighted by atomic mass is 19.4. The molecule has 35 heavy (non-hydrogen) atoms. The maximum atomic E-state index is 13.3. The molecule has 2 aliphatic rings. The summed E-state index contributed by atoms with van der Waals surface area (Å²) < 4.78 is 45.2. The van der Waals surface area contributed by atoms with Gasteiger partial charge in [0.05, 0.1) is 6.42 Å². The Morgan fingerprint density at radius 1 is 1.03 bits per heavy atom. The second-order valence-electron chi connectivity index (χ2n) is 9.09. The third-order valence-corrected chi connectivity index (χ3v) is 6.65. The zero-order valence-electron chi connectivity index (χ0n) is 18.9. The first-order chi connectivity index (χ1) is 16.5. The largest absolute Gasteiger partial charge is 0.481 e. The van der Waals surface area contributed by atoms with E-state index in [1.54, 1.807) is 5.32 Å². The van der Waals surface area contributed by atoms with Crippen LogP contribution in [-0.4, -0.2) is 47.4 Å². The first kappa shape index (κ1) is 24.6. The highest BCUT2D eigenvalue weighted by Crippen LogP contribution is 2.45. The molecular weight excluding hydrogens is 465 g/mol. The van der Waals surface area contributed by atoms with E-state index < -0.39 is 42.1 Å². The van der Waals surface area contributed by atoms with E-state index >= 15 is 0 Å². The first-order valence-electron chi connectivity index (χ1n) is 11.2. The lowest BCUT2D eigenvalue weighted by atomic mass is 9.94. The van der Waals surface area contributed by atoms with Crippen LogP contribution >= 0.6 is 0 Å². The maximum Gasteiger partial charge on any atom is 0.409 e. The molecule has 2 amide bonds. The van der Waals surface area contributed by atoms with Gasteiger partial charge in [-0.05, 0) is 47.9 Å². The van der Waals surface area contributed by atoms with Crippen LogP contribution in [0.3, 0.4) is 0 Å². The Morgan fingerprint density at radius 2 is 1.57 bits per heavy atom. The quantitative estimate of drug-likeness (QED) is 0.514. The summed E-state index contributed by atoms with van der Waals surface area (Å²) in [6, 6.07) is 12.9. The number of carbonyl (C=O) groups excluding carboxylic acids is 2. The van der Waals surface area contributed by atoms with E-state index in [1.807, 2.05) is 48.5 Å². The molecule has 0 saturated heterocycles. The molecule has 2 atom stereocenters. The topological polar surface area (TPSA) is 105 Å². The van der Waals surface area contributed by atoms with E-state index in [4.69, 9.17) is 9.84 Å². The van der Waals surface area contributed by atoms with E-state index in [9.17, 15) is 27.6 Å². The van der Waals surface area contributed by atoms with Crippen molar-refractivity contribution < 1.29 is 37.4 Å². The van der Waals surface area contributed by atoms with E-state index in [1.165, 1.54) is 6.92 Å². The normalized spacial score (nSPS) is 17.5. The molecular formula is C25H25F3N2O5. The zero-order chi connectivity index (χ0) is 25.4. The molecule has 10 heteroatoms. The number of carbonyl (C=O) groups is 3. The Balaban J connectivity index is 1.45. The fourth-order valence-corrected chi connectivity index (χ4v) is 4.58. The number of halogens is 3. The number of alkyl carbamates (subject to hydrolysis) is 1. The van der Waals surface area contributed by atoms with Crippen LogP contribution in [0.5, 0.6) is 0 Å². The standard InChI is InChI=1S/C25H25F3N2O5/c1-24(14-10-11-14,22(33)29-20(12-21(31)32)25(26,27)28)30-23(34)35-13-19-17-8-4-2-6-15(17)16-7-3-5-9-18(16)19/h2-9,14,19-20H,10-13H2,1H3,(H,29,33)(H,30,34)(H,31,32). The minimum Gasteiger partial charge on any atom is -0.481 e. The molecule has 2 aromatic carbocycles. The fourth-order valence-electron chi connectivity index (χ4n) is 4.58. The highest BCUT2D eigenvalue weighted by molar-refractivity contribution is 5.91. The van der Waals surface area contributed by atoms with Gasteiger partial charge in [0.15, 0.2) is 0 Å². The predicted molar refractivity (Wildman–Crippen MR) is 120 cm³/mol. The molecule has 2 aliphatic carbocycles. The molecule has 2 unspecified atom stereocenters. The van der Waals surface area contributed by atoms with Crippen LogP contribution in [-0.2, 0) is 14.3 Å². The van der Waals surface area contributed by atoms with Gasteiger partial charge in [-0.15, -0.1) is 0 Å². The molecule has 0 spiro atoms. The Hall–Kier alpha value is -3.56. The van der Waals surface area contributed by atoms with Crippen molar-refractivity contribution in [3.63, 3.8) is 0 Å². The van der Waals surface area contributed by atoms with Crippen LogP contribution in [0.15, 0.2) is 48.5 Å². The number of benzene rings is 2. The summed E-state index contributed by atoms with van der Waals surface area (Å²) in [4.78, 5) is 36.4. The zero-order valence-corrected chi connectivity index (χ0v) is 18.9. The SMILES string of the molecule is CC(NC(=O)OCC1c2ccccc2-c2ccccc21)(C(=O)NC(CC(=O)O)C(F)(F)F)C1CC1. The number of hydrogen-bond acceptors (Lipinski definition) is 4. The molecule has 0 aliphatic heterocycles. The third kappa shape index (κ3) is 5.11. The van der Waals surface area contributed by atoms with Crippen LogP contribution in [0.1, 0.15) is 43.2 Å². The van der Waals surface area contributed by atoms with Crippen molar-refractivity contribution in [1.82, 2.24) is 10.6 Å². The number of rotatable bonds is 8. The number of fused-ring (bicyclic) bond motifs is 3. The van der Waals surface area contributed by atoms with Crippen molar-refractivity contribution in [2.45, 2.75) is 49.9 Å². The van der Waals surface area contributed by atoms with Crippen molar-refractivity contribution in [3.8, 4) is 11.1 Å². The molecule has 0 bridgehead atoms. The van der Waals surface area contributed by atoms with E-state index in [2.05, 4.69) is 5.32 Å². The monoisotopic (exact) mass is 490 g/mol. The minimum absolute atomic E-state index is 0.0214. The number of carboxylic acids is 1. The van der Waals surface area contributed by atoms with Gasteiger partial charge in [-0.1, -0.05) is 48.5 Å². The molecule has 3 N–H and O–H groups in total. The minimum atomic E-state index is -4.96. The summed E-state index contributed by atoms with van der Waals surface area (Å²) in [5, 5.41) is 13.0. The number of alkyl halides is 3. The van der Waals surface area contributed by atoms with E-state index in [0.29, 0.717) is 12.8 Å². The smallest absolute Gasteiger partial charge is 0.409 e. The average Bonchev–Trinajstić information content (AvgIpc) is 3.60. The summed E-state index contributed by atoms with van der Waals surface area (Å²) in [6.07, 6.45) is -6.14. The van der Waals surface area contributed by atoms with Crippen LogP contribution in [0.25, 0.3) is 11.1 Å². The second kappa shape index (κ2) is 9.24. The van der Waals surface area contributed by atoms with Gasteiger partial charge < -0.3 is 20.5 Å². The van der Waals surface area contributed by atoms with E-state index in [-0.39, 0.29) is 18.4 Å². The van der Waals surface area contributed by atoms with Gasteiger partial charge in [0.2, 0.25) is 5.91 Å². The van der Waals surface area contributed by atoms with Crippen LogP contribution in [0.4, 0.5) is 18.0 Å². The molecule has 1 fully saturated rings. The van der Waals surface area contributed by atoms with Gasteiger partial charge >= 0.3 is 18.2 Å². The number of nitrogens with one attached hydrogen (secondary N) is 2. The van der Waals surface area contributed by atoms with Crippen molar-refractivity contribution in [2.24, 2.45) is 5.92 Å². The molecule has 186 valence electrons. The Labute approximate surface area is 199 Å². The summed E-state index contributed by atoms with van der Waals surface area (Å²) in [6.45, 7) is 1.31. The van der Waals surface area contributed by atoms with Gasteiger partial charge in [0.1, 0.15) is 18.2 Å². The molecule has 0 heterocycles. The molecule has 4 rings (SSSR count). The summed E-state index contributed by atoms with van der Waals surface area (Å²) in [7, 11) is 0.